The molecule has 0 radical (unpaired) electrons. The van der Waals surface area contributed by atoms with Gasteiger partial charge in [0, 0.05) is 41.0 Å². The number of aromatic nitrogens is 1. The summed E-state index contributed by atoms with van der Waals surface area (Å²) in [6, 6.07) is 8.27. The SMILES string of the molecule is C=C/C=C\C(=C(\Cl)C=C)c1ccc2nccc(N3CCOCC3)c2c1. The third kappa shape index (κ3) is 3.84. The molecular formula is C21H21ClN2O. The fraction of sp³-hybridized carbons (Fsp3) is 0.190. The van der Waals surface area contributed by atoms with Gasteiger partial charge in [-0.2, -0.15) is 0 Å². The number of rotatable bonds is 5. The van der Waals surface area contributed by atoms with Crippen LogP contribution in [0.5, 0.6) is 0 Å². The van der Waals surface area contributed by atoms with Crippen LogP contribution in [-0.2, 0) is 4.74 Å². The number of ether oxygens (including phenoxy) is 1. The van der Waals surface area contributed by atoms with E-state index in [9.17, 15) is 0 Å². The summed E-state index contributed by atoms with van der Waals surface area (Å²) >= 11 is 6.37. The molecule has 1 fully saturated rings. The summed E-state index contributed by atoms with van der Waals surface area (Å²) in [6.07, 6.45) is 9.06. The Bertz CT molecular complexity index is 848. The van der Waals surface area contributed by atoms with Crippen LogP contribution in [0.2, 0.25) is 0 Å². The van der Waals surface area contributed by atoms with Crippen molar-refractivity contribution in [1.29, 1.82) is 0 Å². The van der Waals surface area contributed by atoms with Gasteiger partial charge in [-0.25, -0.2) is 0 Å². The molecule has 1 aromatic heterocycles. The monoisotopic (exact) mass is 352 g/mol. The Morgan fingerprint density at radius 1 is 1.20 bits per heavy atom. The van der Waals surface area contributed by atoms with E-state index in [1.165, 1.54) is 5.69 Å². The highest BCUT2D eigenvalue weighted by Crippen LogP contribution is 2.31. The molecule has 1 aliphatic rings. The zero-order chi connectivity index (χ0) is 17.6. The molecule has 3 nitrogen and oxygen atoms in total. The van der Waals surface area contributed by atoms with Crippen molar-refractivity contribution >= 4 is 33.8 Å². The first-order chi connectivity index (χ1) is 12.2. The molecule has 2 heterocycles. The third-order valence-electron chi connectivity index (χ3n) is 4.22. The molecular weight excluding hydrogens is 332 g/mol. The van der Waals surface area contributed by atoms with Crippen molar-refractivity contribution in [3.63, 3.8) is 0 Å². The lowest BCUT2D eigenvalue weighted by Crippen LogP contribution is -2.36. The average molecular weight is 353 g/mol. The summed E-state index contributed by atoms with van der Waals surface area (Å²) in [7, 11) is 0. The van der Waals surface area contributed by atoms with Crippen LogP contribution in [0.25, 0.3) is 16.5 Å². The molecule has 0 spiro atoms. The molecule has 0 N–H and O–H groups in total. The van der Waals surface area contributed by atoms with Crippen LogP contribution in [0.15, 0.2) is 73.0 Å². The van der Waals surface area contributed by atoms with Crippen molar-refractivity contribution in [3.8, 4) is 0 Å². The second kappa shape index (κ2) is 8.15. The second-order valence-corrected chi connectivity index (χ2v) is 6.13. The van der Waals surface area contributed by atoms with Crippen LogP contribution >= 0.6 is 11.6 Å². The maximum atomic E-state index is 6.37. The van der Waals surface area contributed by atoms with Crippen molar-refractivity contribution in [3.05, 3.63) is 78.5 Å². The highest BCUT2D eigenvalue weighted by Gasteiger charge is 2.15. The molecule has 0 aliphatic carbocycles. The van der Waals surface area contributed by atoms with Crippen molar-refractivity contribution in [2.75, 3.05) is 31.2 Å². The Hall–Kier alpha value is -2.36. The summed E-state index contributed by atoms with van der Waals surface area (Å²) in [4.78, 5) is 6.85. The van der Waals surface area contributed by atoms with Crippen LogP contribution in [-0.4, -0.2) is 31.3 Å². The normalized spacial score (nSPS) is 16.1. The second-order valence-electron chi connectivity index (χ2n) is 5.72. The number of fused-ring (bicyclic) bond motifs is 1. The third-order valence-corrected chi connectivity index (χ3v) is 4.57. The molecule has 2 aromatic rings. The van der Waals surface area contributed by atoms with Gasteiger partial charge in [0.25, 0.3) is 0 Å². The smallest absolute Gasteiger partial charge is 0.0723 e. The zero-order valence-corrected chi connectivity index (χ0v) is 14.9. The van der Waals surface area contributed by atoms with Crippen molar-refractivity contribution in [1.82, 2.24) is 4.98 Å². The molecule has 1 aliphatic heterocycles. The molecule has 1 saturated heterocycles. The van der Waals surface area contributed by atoms with E-state index < -0.39 is 0 Å². The molecule has 0 amide bonds. The maximum absolute atomic E-state index is 6.37. The van der Waals surface area contributed by atoms with Crippen molar-refractivity contribution in [2.24, 2.45) is 0 Å². The number of halogens is 1. The van der Waals surface area contributed by atoms with E-state index in [0.29, 0.717) is 5.03 Å². The first-order valence-electron chi connectivity index (χ1n) is 8.27. The van der Waals surface area contributed by atoms with Crippen LogP contribution in [0.4, 0.5) is 5.69 Å². The van der Waals surface area contributed by atoms with Gasteiger partial charge in [-0.3, -0.25) is 4.98 Å². The van der Waals surface area contributed by atoms with Crippen molar-refractivity contribution in [2.45, 2.75) is 0 Å². The molecule has 25 heavy (non-hydrogen) atoms. The Labute approximate surface area is 153 Å². The average Bonchev–Trinajstić information content (AvgIpc) is 2.68. The van der Waals surface area contributed by atoms with Gasteiger partial charge >= 0.3 is 0 Å². The van der Waals surface area contributed by atoms with Crippen LogP contribution < -0.4 is 4.90 Å². The Morgan fingerprint density at radius 2 is 2.00 bits per heavy atom. The fourth-order valence-electron chi connectivity index (χ4n) is 2.97. The van der Waals surface area contributed by atoms with E-state index in [1.54, 1.807) is 12.2 Å². The van der Waals surface area contributed by atoms with Gasteiger partial charge in [0.1, 0.15) is 0 Å². The predicted octanol–water partition coefficient (Wildman–Crippen LogP) is 4.95. The van der Waals surface area contributed by atoms with E-state index in [1.807, 2.05) is 30.5 Å². The first kappa shape index (κ1) is 17.5. The molecule has 4 heteroatoms. The van der Waals surface area contributed by atoms with Gasteiger partial charge in [0.2, 0.25) is 0 Å². The van der Waals surface area contributed by atoms with Gasteiger partial charge < -0.3 is 9.64 Å². The molecule has 0 saturated carbocycles. The first-order valence-corrected chi connectivity index (χ1v) is 8.65. The number of pyridine rings is 1. The Kier molecular flexibility index (Phi) is 5.69. The summed E-state index contributed by atoms with van der Waals surface area (Å²) in [6.45, 7) is 10.8. The van der Waals surface area contributed by atoms with Gasteiger partial charge in [-0.05, 0) is 23.8 Å². The van der Waals surface area contributed by atoms with Gasteiger partial charge in [0.15, 0.2) is 0 Å². The number of nitrogens with zero attached hydrogens (tertiary/aromatic N) is 2. The molecule has 0 unspecified atom stereocenters. The number of morpholine rings is 1. The van der Waals surface area contributed by atoms with Crippen molar-refractivity contribution < 1.29 is 4.74 Å². The summed E-state index contributed by atoms with van der Waals surface area (Å²) in [5.41, 5.74) is 4.08. The molecule has 0 bridgehead atoms. The summed E-state index contributed by atoms with van der Waals surface area (Å²) in [5.74, 6) is 0. The number of benzene rings is 1. The van der Waals surface area contributed by atoms with Crippen LogP contribution in [0.3, 0.4) is 0 Å². The van der Waals surface area contributed by atoms with E-state index in [2.05, 4.69) is 35.2 Å². The Balaban J connectivity index is 2.13. The van der Waals surface area contributed by atoms with Gasteiger partial charge in [0.05, 0.1) is 18.7 Å². The lowest BCUT2D eigenvalue weighted by molar-refractivity contribution is 0.123. The quantitative estimate of drug-likeness (QED) is 0.712. The topological polar surface area (TPSA) is 25.4 Å². The minimum atomic E-state index is 0.606. The van der Waals surface area contributed by atoms with E-state index in [4.69, 9.17) is 16.3 Å². The lowest BCUT2D eigenvalue weighted by Gasteiger charge is -2.29. The summed E-state index contributed by atoms with van der Waals surface area (Å²) in [5, 5.41) is 1.72. The highest BCUT2D eigenvalue weighted by molar-refractivity contribution is 6.34. The van der Waals surface area contributed by atoms with E-state index >= 15 is 0 Å². The highest BCUT2D eigenvalue weighted by atomic mass is 35.5. The fourth-order valence-corrected chi connectivity index (χ4v) is 3.14. The number of anilines is 1. The number of hydrogen-bond acceptors (Lipinski definition) is 3. The largest absolute Gasteiger partial charge is 0.378 e. The van der Waals surface area contributed by atoms with Crippen LogP contribution in [0.1, 0.15) is 5.56 Å². The molecule has 1 aromatic carbocycles. The standard InChI is InChI=1S/C21H21ClN2O/c1-3-5-6-17(19(22)4-2)16-7-8-20-18(15-16)21(9-10-23-20)24-11-13-25-14-12-24/h3-10,15H,1-2,11-14H2/b6-5-,19-17-. The molecule has 3 rings (SSSR count). The van der Waals surface area contributed by atoms with E-state index in [-0.39, 0.29) is 0 Å². The maximum Gasteiger partial charge on any atom is 0.0723 e. The molecule has 128 valence electrons. The minimum Gasteiger partial charge on any atom is -0.378 e. The van der Waals surface area contributed by atoms with E-state index in [0.717, 1.165) is 48.3 Å². The number of allylic oxidation sites excluding steroid dienone is 6. The number of hydrogen-bond donors (Lipinski definition) is 0. The molecule has 0 atom stereocenters. The lowest BCUT2D eigenvalue weighted by atomic mass is 10.0. The zero-order valence-electron chi connectivity index (χ0n) is 14.1. The van der Waals surface area contributed by atoms with Gasteiger partial charge in [-0.1, -0.05) is 55.1 Å². The van der Waals surface area contributed by atoms with Gasteiger partial charge in [-0.15, -0.1) is 0 Å². The Morgan fingerprint density at radius 3 is 2.72 bits per heavy atom. The minimum absolute atomic E-state index is 0.606. The summed E-state index contributed by atoms with van der Waals surface area (Å²) < 4.78 is 5.47. The predicted molar refractivity (Wildman–Crippen MR) is 107 cm³/mol. The van der Waals surface area contributed by atoms with Crippen LogP contribution in [0, 0.1) is 0 Å².